The third-order valence-corrected chi connectivity index (χ3v) is 1.88. The molecular weight excluding hydrogens is 146 g/mol. The Morgan fingerprint density at radius 3 is 2.45 bits per heavy atom. The molecule has 0 aliphatic carbocycles. The minimum atomic E-state index is -0.729. The van der Waals surface area contributed by atoms with E-state index in [0.717, 1.165) is 5.56 Å². The lowest BCUT2D eigenvalue weighted by atomic mass is 10.1. The van der Waals surface area contributed by atoms with Crippen LogP contribution in [0.15, 0.2) is 12.1 Å². The molecule has 0 nitrogen and oxygen atoms in total. The third kappa shape index (κ3) is 1.39. The highest BCUT2D eigenvalue weighted by Gasteiger charge is 2.05. The lowest BCUT2D eigenvalue weighted by Crippen LogP contribution is -1.93. The SMILES string of the molecule is Cc1ccc(CF)c(F)c1C. The Labute approximate surface area is 64.9 Å². The maximum atomic E-state index is 13.0. The lowest BCUT2D eigenvalue weighted by molar-refractivity contribution is 0.462. The van der Waals surface area contributed by atoms with Gasteiger partial charge < -0.3 is 0 Å². The van der Waals surface area contributed by atoms with E-state index < -0.39 is 12.5 Å². The zero-order valence-electron chi connectivity index (χ0n) is 6.62. The van der Waals surface area contributed by atoms with E-state index in [9.17, 15) is 8.78 Å². The number of hydrogen-bond acceptors (Lipinski definition) is 0. The van der Waals surface area contributed by atoms with Gasteiger partial charge in [-0.2, -0.15) is 0 Å². The van der Waals surface area contributed by atoms with Gasteiger partial charge in [0.15, 0.2) is 0 Å². The van der Waals surface area contributed by atoms with Crippen LogP contribution in [0.1, 0.15) is 16.7 Å². The van der Waals surface area contributed by atoms with Crippen molar-refractivity contribution in [3.05, 3.63) is 34.6 Å². The van der Waals surface area contributed by atoms with Crippen LogP contribution in [0.4, 0.5) is 8.78 Å². The van der Waals surface area contributed by atoms with Crippen LogP contribution in [0.25, 0.3) is 0 Å². The van der Waals surface area contributed by atoms with Crippen molar-refractivity contribution in [2.45, 2.75) is 20.5 Å². The fourth-order valence-electron chi connectivity index (χ4n) is 0.941. The van der Waals surface area contributed by atoms with Crippen molar-refractivity contribution in [2.24, 2.45) is 0 Å². The fourth-order valence-corrected chi connectivity index (χ4v) is 0.941. The van der Waals surface area contributed by atoms with Crippen LogP contribution < -0.4 is 0 Å². The van der Waals surface area contributed by atoms with Gasteiger partial charge in [-0.3, -0.25) is 0 Å². The average Bonchev–Trinajstić information content (AvgIpc) is 2.01. The Morgan fingerprint density at radius 1 is 1.27 bits per heavy atom. The van der Waals surface area contributed by atoms with Crippen molar-refractivity contribution in [3.8, 4) is 0 Å². The van der Waals surface area contributed by atoms with E-state index in [0.29, 0.717) is 5.56 Å². The van der Waals surface area contributed by atoms with Crippen LogP contribution in [-0.2, 0) is 6.67 Å². The summed E-state index contributed by atoms with van der Waals surface area (Å²) in [4.78, 5) is 0. The van der Waals surface area contributed by atoms with E-state index in [-0.39, 0.29) is 5.56 Å². The van der Waals surface area contributed by atoms with Crippen LogP contribution >= 0.6 is 0 Å². The summed E-state index contributed by atoms with van der Waals surface area (Å²) in [6.07, 6.45) is 0. The Morgan fingerprint density at radius 2 is 1.91 bits per heavy atom. The molecule has 0 saturated carbocycles. The van der Waals surface area contributed by atoms with Crippen molar-refractivity contribution in [3.63, 3.8) is 0 Å². The summed E-state index contributed by atoms with van der Waals surface area (Å²) >= 11 is 0. The molecule has 1 rings (SSSR count). The molecule has 0 heterocycles. The molecule has 11 heavy (non-hydrogen) atoms. The highest BCUT2D eigenvalue weighted by molar-refractivity contribution is 5.31. The normalized spacial score (nSPS) is 10.2. The van der Waals surface area contributed by atoms with Gasteiger partial charge in [0.1, 0.15) is 12.5 Å². The van der Waals surface area contributed by atoms with E-state index in [4.69, 9.17) is 0 Å². The van der Waals surface area contributed by atoms with Crippen molar-refractivity contribution in [1.29, 1.82) is 0 Å². The predicted molar refractivity (Wildman–Crippen MR) is 40.7 cm³/mol. The molecule has 0 bridgehead atoms. The molecular formula is C9H10F2. The van der Waals surface area contributed by atoms with Gasteiger partial charge in [0.2, 0.25) is 0 Å². The number of rotatable bonds is 1. The predicted octanol–water partition coefficient (Wildman–Crippen LogP) is 2.91. The molecule has 0 aliphatic heterocycles. The van der Waals surface area contributed by atoms with Crippen LogP contribution in [-0.4, -0.2) is 0 Å². The molecule has 60 valence electrons. The molecule has 0 unspecified atom stereocenters. The van der Waals surface area contributed by atoms with Gasteiger partial charge in [0, 0.05) is 5.56 Å². The first-order valence-electron chi connectivity index (χ1n) is 3.47. The van der Waals surface area contributed by atoms with Crippen LogP contribution in [0.2, 0.25) is 0 Å². The molecule has 0 spiro atoms. The summed E-state index contributed by atoms with van der Waals surface area (Å²) in [6, 6.07) is 3.21. The van der Waals surface area contributed by atoms with E-state index in [1.165, 1.54) is 6.07 Å². The highest BCUT2D eigenvalue weighted by Crippen LogP contribution is 2.16. The minimum Gasteiger partial charge on any atom is -0.246 e. The highest BCUT2D eigenvalue weighted by atomic mass is 19.1. The number of hydrogen-bond donors (Lipinski definition) is 0. The summed E-state index contributed by atoms with van der Waals surface area (Å²) < 4.78 is 25.1. The maximum absolute atomic E-state index is 13.0. The van der Waals surface area contributed by atoms with Gasteiger partial charge in [0.25, 0.3) is 0 Å². The van der Waals surface area contributed by atoms with Gasteiger partial charge in [-0.1, -0.05) is 12.1 Å². The largest absolute Gasteiger partial charge is 0.246 e. The van der Waals surface area contributed by atoms with E-state index in [2.05, 4.69) is 0 Å². The Hall–Kier alpha value is -0.920. The van der Waals surface area contributed by atoms with Crippen molar-refractivity contribution >= 4 is 0 Å². The monoisotopic (exact) mass is 156 g/mol. The van der Waals surface area contributed by atoms with Crippen LogP contribution in [0.3, 0.4) is 0 Å². The van der Waals surface area contributed by atoms with E-state index in [1.54, 1.807) is 19.9 Å². The number of alkyl halides is 1. The van der Waals surface area contributed by atoms with Crippen molar-refractivity contribution in [2.75, 3.05) is 0 Å². The number of benzene rings is 1. The quantitative estimate of drug-likeness (QED) is 0.586. The maximum Gasteiger partial charge on any atom is 0.132 e. The minimum absolute atomic E-state index is 0.146. The van der Waals surface area contributed by atoms with E-state index >= 15 is 0 Å². The van der Waals surface area contributed by atoms with Gasteiger partial charge >= 0.3 is 0 Å². The van der Waals surface area contributed by atoms with E-state index in [1.807, 2.05) is 0 Å². The fraction of sp³-hybridized carbons (Fsp3) is 0.333. The van der Waals surface area contributed by atoms with Crippen LogP contribution in [0.5, 0.6) is 0 Å². The molecule has 0 saturated heterocycles. The first-order valence-corrected chi connectivity index (χ1v) is 3.47. The first-order chi connectivity index (χ1) is 5.16. The molecule has 1 aromatic rings. The smallest absolute Gasteiger partial charge is 0.132 e. The first kappa shape index (κ1) is 8.18. The zero-order chi connectivity index (χ0) is 8.43. The van der Waals surface area contributed by atoms with Gasteiger partial charge in [-0.25, -0.2) is 8.78 Å². The lowest BCUT2D eigenvalue weighted by Gasteiger charge is -2.03. The summed E-state index contributed by atoms with van der Waals surface area (Å²) in [5.74, 6) is -0.410. The second-order valence-corrected chi connectivity index (χ2v) is 2.61. The molecule has 0 fully saturated rings. The van der Waals surface area contributed by atoms with Crippen molar-refractivity contribution < 1.29 is 8.78 Å². The molecule has 2 heteroatoms. The number of aryl methyl sites for hydroxylation is 1. The Kier molecular flexibility index (Phi) is 2.22. The Bertz CT molecular complexity index is 267. The van der Waals surface area contributed by atoms with Gasteiger partial charge in [-0.15, -0.1) is 0 Å². The summed E-state index contributed by atoms with van der Waals surface area (Å²) in [6.45, 7) is 2.73. The Balaban J connectivity index is 3.25. The molecule has 0 radical (unpaired) electrons. The van der Waals surface area contributed by atoms with Gasteiger partial charge in [-0.05, 0) is 25.0 Å². The number of halogens is 2. The standard InChI is InChI=1S/C9H10F2/c1-6-3-4-8(5-10)9(11)7(6)2/h3-4H,5H2,1-2H3. The van der Waals surface area contributed by atoms with Gasteiger partial charge in [0.05, 0.1) is 0 Å². The molecule has 0 aromatic heterocycles. The second kappa shape index (κ2) is 2.99. The van der Waals surface area contributed by atoms with Crippen LogP contribution in [0, 0.1) is 19.7 Å². The topological polar surface area (TPSA) is 0 Å². The summed E-state index contributed by atoms with van der Waals surface area (Å²) in [5, 5.41) is 0. The second-order valence-electron chi connectivity index (χ2n) is 2.61. The molecule has 1 aromatic carbocycles. The molecule has 0 aliphatic rings. The molecule has 0 atom stereocenters. The molecule has 0 amide bonds. The molecule has 0 N–H and O–H groups in total. The van der Waals surface area contributed by atoms with Crippen molar-refractivity contribution in [1.82, 2.24) is 0 Å². The summed E-state index contributed by atoms with van der Waals surface area (Å²) in [5.41, 5.74) is 1.55. The third-order valence-electron chi connectivity index (χ3n) is 1.88. The summed E-state index contributed by atoms with van der Waals surface area (Å²) in [7, 11) is 0. The zero-order valence-corrected chi connectivity index (χ0v) is 6.62. The average molecular weight is 156 g/mol.